The topological polar surface area (TPSA) is 49.8 Å². The number of carboxylic acid groups (broad SMARTS) is 1. The number of aryl methyl sites for hydroxylation is 2. The van der Waals surface area contributed by atoms with Crippen LogP contribution >= 0.6 is 0 Å². The van der Waals surface area contributed by atoms with Gasteiger partial charge >= 0.3 is 5.97 Å². The van der Waals surface area contributed by atoms with Gasteiger partial charge in [0.2, 0.25) is 0 Å². The number of rotatable bonds is 6. The molecule has 0 aromatic heterocycles. The number of ether oxygens (including phenoxy) is 1. The van der Waals surface area contributed by atoms with E-state index in [0.29, 0.717) is 5.92 Å². The predicted octanol–water partition coefficient (Wildman–Crippen LogP) is 3.71. The molecule has 0 amide bonds. The summed E-state index contributed by atoms with van der Waals surface area (Å²) in [6.45, 7) is 2.97. The number of carbonyl (C=O) groups is 1. The molecule has 0 fully saturated rings. The molecule has 0 radical (unpaired) electrons. The Morgan fingerprint density at radius 3 is 2.77 bits per heavy atom. The number of hydrogen-bond donors (Lipinski definition) is 1. The molecule has 0 heterocycles. The SMILES string of the molecule is COc1ccc2c(c1)CC[C@H](CN(C)CC(=O)O)[C@@H]2c1cccc(C)c1. The van der Waals surface area contributed by atoms with Gasteiger partial charge in [0.1, 0.15) is 5.75 Å². The standard InChI is InChI=1S/C22H27NO3/c1-15-5-4-6-17(11-15)22-18(13-23(2)14-21(24)25)8-7-16-12-19(26-3)9-10-20(16)22/h4-6,9-12,18,22H,7-8,13-14H2,1-3H3,(H,24,25)/t18-,22+/m1/s1. The number of methoxy groups -OCH3 is 1. The Hall–Kier alpha value is -2.33. The number of hydrogen-bond acceptors (Lipinski definition) is 3. The maximum absolute atomic E-state index is 11.1. The van der Waals surface area contributed by atoms with Gasteiger partial charge in [-0.1, -0.05) is 35.9 Å². The molecule has 2 atom stereocenters. The summed E-state index contributed by atoms with van der Waals surface area (Å²) in [5.74, 6) is 0.789. The van der Waals surface area contributed by atoms with Crippen LogP contribution < -0.4 is 4.74 Å². The third-order valence-electron chi connectivity index (χ3n) is 5.29. The van der Waals surface area contributed by atoms with Crippen LogP contribution in [0.4, 0.5) is 0 Å². The van der Waals surface area contributed by atoms with E-state index in [1.54, 1.807) is 7.11 Å². The zero-order chi connectivity index (χ0) is 18.7. The van der Waals surface area contributed by atoms with Crippen molar-refractivity contribution < 1.29 is 14.6 Å². The average molecular weight is 353 g/mol. The fourth-order valence-corrected chi connectivity index (χ4v) is 4.20. The first-order valence-corrected chi connectivity index (χ1v) is 9.11. The Morgan fingerprint density at radius 1 is 1.27 bits per heavy atom. The molecule has 0 saturated heterocycles. The van der Waals surface area contributed by atoms with E-state index >= 15 is 0 Å². The van der Waals surface area contributed by atoms with Crippen LogP contribution in [0.1, 0.15) is 34.6 Å². The molecule has 1 aliphatic carbocycles. The van der Waals surface area contributed by atoms with Gasteiger partial charge in [0, 0.05) is 12.5 Å². The van der Waals surface area contributed by atoms with E-state index in [4.69, 9.17) is 9.84 Å². The number of aliphatic carboxylic acids is 1. The lowest BCUT2D eigenvalue weighted by Crippen LogP contribution is -2.35. The molecule has 4 nitrogen and oxygen atoms in total. The zero-order valence-corrected chi connectivity index (χ0v) is 15.7. The summed E-state index contributed by atoms with van der Waals surface area (Å²) < 4.78 is 5.40. The number of fused-ring (bicyclic) bond motifs is 1. The lowest BCUT2D eigenvalue weighted by atomic mass is 9.71. The lowest BCUT2D eigenvalue weighted by Gasteiger charge is -2.36. The molecule has 0 aliphatic heterocycles. The second-order valence-corrected chi connectivity index (χ2v) is 7.35. The third-order valence-corrected chi connectivity index (χ3v) is 5.29. The van der Waals surface area contributed by atoms with Crippen molar-refractivity contribution >= 4 is 5.97 Å². The molecular formula is C22H27NO3. The van der Waals surface area contributed by atoms with Crippen molar-refractivity contribution in [2.45, 2.75) is 25.7 Å². The van der Waals surface area contributed by atoms with Crippen LogP contribution in [0.15, 0.2) is 42.5 Å². The largest absolute Gasteiger partial charge is 0.497 e. The van der Waals surface area contributed by atoms with Gasteiger partial charge in [-0.2, -0.15) is 0 Å². The van der Waals surface area contributed by atoms with Crippen molar-refractivity contribution in [2.24, 2.45) is 5.92 Å². The molecule has 1 aliphatic rings. The summed E-state index contributed by atoms with van der Waals surface area (Å²) in [4.78, 5) is 13.0. The highest BCUT2D eigenvalue weighted by molar-refractivity contribution is 5.69. The molecule has 0 unspecified atom stereocenters. The van der Waals surface area contributed by atoms with Crippen molar-refractivity contribution in [2.75, 3.05) is 27.2 Å². The molecule has 3 rings (SSSR count). The Kier molecular flexibility index (Phi) is 5.62. The zero-order valence-electron chi connectivity index (χ0n) is 15.7. The van der Waals surface area contributed by atoms with Gasteiger partial charge in [-0.25, -0.2) is 0 Å². The summed E-state index contributed by atoms with van der Waals surface area (Å²) in [5, 5.41) is 9.09. The molecule has 26 heavy (non-hydrogen) atoms. The van der Waals surface area contributed by atoms with E-state index in [1.807, 2.05) is 18.0 Å². The van der Waals surface area contributed by atoms with Gasteiger partial charge in [0.25, 0.3) is 0 Å². The van der Waals surface area contributed by atoms with Gasteiger partial charge in [-0.3, -0.25) is 9.69 Å². The van der Waals surface area contributed by atoms with E-state index in [-0.39, 0.29) is 12.5 Å². The minimum absolute atomic E-state index is 0.0759. The highest BCUT2D eigenvalue weighted by Crippen LogP contribution is 2.42. The number of carboxylic acids is 1. The first kappa shape index (κ1) is 18.5. The van der Waals surface area contributed by atoms with E-state index in [0.717, 1.165) is 25.1 Å². The van der Waals surface area contributed by atoms with Crippen molar-refractivity contribution in [1.29, 1.82) is 0 Å². The van der Waals surface area contributed by atoms with Crippen LogP contribution in [0.25, 0.3) is 0 Å². The number of nitrogens with zero attached hydrogens (tertiary/aromatic N) is 1. The third kappa shape index (κ3) is 4.07. The normalized spacial score (nSPS) is 19.2. The van der Waals surface area contributed by atoms with Crippen molar-refractivity contribution in [3.8, 4) is 5.75 Å². The van der Waals surface area contributed by atoms with Crippen molar-refractivity contribution in [3.63, 3.8) is 0 Å². The molecular weight excluding hydrogens is 326 g/mol. The van der Waals surface area contributed by atoms with E-state index < -0.39 is 5.97 Å². The van der Waals surface area contributed by atoms with Crippen molar-refractivity contribution in [3.05, 3.63) is 64.7 Å². The molecule has 0 bridgehead atoms. The fourth-order valence-electron chi connectivity index (χ4n) is 4.20. The molecule has 138 valence electrons. The maximum Gasteiger partial charge on any atom is 0.317 e. The van der Waals surface area contributed by atoms with Gasteiger partial charge in [-0.15, -0.1) is 0 Å². The first-order chi connectivity index (χ1) is 12.5. The Labute approximate surface area is 155 Å². The molecule has 4 heteroatoms. The highest BCUT2D eigenvalue weighted by atomic mass is 16.5. The summed E-state index contributed by atoms with van der Waals surface area (Å²) >= 11 is 0. The molecule has 0 saturated carbocycles. The van der Waals surface area contributed by atoms with Crippen LogP contribution in [0.3, 0.4) is 0 Å². The molecule has 0 spiro atoms. The predicted molar refractivity (Wildman–Crippen MR) is 103 cm³/mol. The summed E-state index contributed by atoms with van der Waals surface area (Å²) in [7, 11) is 3.59. The van der Waals surface area contributed by atoms with E-state index in [9.17, 15) is 4.79 Å². The van der Waals surface area contributed by atoms with Crippen LogP contribution in [0, 0.1) is 12.8 Å². The van der Waals surface area contributed by atoms with E-state index in [2.05, 4.69) is 43.3 Å². The minimum Gasteiger partial charge on any atom is -0.497 e. The minimum atomic E-state index is -0.777. The second kappa shape index (κ2) is 7.92. The molecule has 1 N–H and O–H groups in total. The number of benzene rings is 2. The molecule has 2 aromatic rings. The van der Waals surface area contributed by atoms with Crippen LogP contribution in [0.2, 0.25) is 0 Å². The fraction of sp³-hybridized carbons (Fsp3) is 0.409. The Bertz CT molecular complexity index is 787. The van der Waals surface area contributed by atoms with Crippen LogP contribution in [-0.2, 0) is 11.2 Å². The lowest BCUT2D eigenvalue weighted by molar-refractivity contribution is -0.138. The van der Waals surface area contributed by atoms with Gasteiger partial charge in [0.05, 0.1) is 13.7 Å². The first-order valence-electron chi connectivity index (χ1n) is 9.11. The summed E-state index contributed by atoms with van der Waals surface area (Å²) in [6.07, 6.45) is 2.04. The van der Waals surface area contributed by atoms with Gasteiger partial charge in [-0.05, 0) is 61.6 Å². The highest BCUT2D eigenvalue weighted by Gasteiger charge is 2.32. The quantitative estimate of drug-likeness (QED) is 0.860. The van der Waals surface area contributed by atoms with Crippen LogP contribution in [-0.4, -0.2) is 43.2 Å². The summed E-state index contributed by atoms with van der Waals surface area (Å²) in [5.41, 5.74) is 5.25. The summed E-state index contributed by atoms with van der Waals surface area (Å²) in [6, 6.07) is 15.0. The number of likely N-dealkylation sites (N-methyl/N-ethyl adjacent to an activating group) is 1. The maximum atomic E-state index is 11.1. The van der Waals surface area contributed by atoms with Gasteiger partial charge < -0.3 is 9.84 Å². The molecule has 2 aromatic carbocycles. The van der Waals surface area contributed by atoms with Gasteiger partial charge in [0.15, 0.2) is 0 Å². The monoisotopic (exact) mass is 353 g/mol. The smallest absolute Gasteiger partial charge is 0.317 e. The average Bonchev–Trinajstić information content (AvgIpc) is 2.60. The Balaban J connectivity index is 1.97. The van der Waals surface area contributed by atoms with E-state index in [1.165, 1.54) is 22.3 Å². The second-order valence-electron chi connectivity index (χ2n) is 7.35. The Morgan fingerprint density at radius 2 is 2.08 bits per heavy atom. The van der Waals surface area contributed by atoms with Crippen molar-refractivity contribution in [1.82, 2.24) is 4.90 Å². The van der Waals surface area contributed by atoms with Crippen LogP contribution in [0.5, 0.6) is 5.75 Å².